The lowest BCUT2D eigenvalue weighted by atomic mass is 10.4. The molecule has 1 heterocycles. The number of hydrogen-bond donors (Lipinski definition) is 1. The summed E-state index contributed by atoms with van der Waals surface area (Å²) in [6, 6.07) is 0. The van der Waals surface area contributed by atoms with E-state index in [0.29, 0.717) is 13.2 Å². The highest BCUT2D eigenvalue weighted by molar-refractivity contribution is 6.29. The van der Waals surface area contributed by atoms with Crippen molar-refractivity contribution in [1.29, 1.82) is 0 Å². The predicted molar refractivity (Wildman–Crippen MR) is 65.1 cm³/mol. The van der Waals surface area contributed by atoms with Crippen molar-refractivity contribution in [3.05, 3.63) is 23.2 Å². The van der Waals surface area contributed by atoms with Crippen molar-refractivity contribution in [2.75, 3.05) is 19.8 Å². The van der Waals surface area contributed by atoms with Crippen LogP contribution < -0.4 is 5.32 Å². The third-order valence-corrected chi connectivity index (χ3v) is 2.22. The van der Waals surface area contributed by atoms with Gasteiger partial charge in [-0.2, -0.15) is 0 Å². The van der Waals surface area contributed by atoms with Crippen LogP contribution in [0.15, 0.2) is 12.4 Å². The highest BCUT2D eigenvalue weighted by atomic mass is 35.5. The molecule has 1 rings (SSSR count). The number of rotatable bonds is 7. The van der Waals surface area contributed by atoms with Gasteiger partial charge >= 0.3 is 0 Å². The summed E-state index contributed by atoms with van der Waals surface area (Å²) < 4.78 is 5.31. The van der Waals surface area contributed by atoms with Crippen LogP contribution in [0.25, 0.3) is 0 Å². The molecule has 0 aliphatic carbocycles. The van der Waals surface area contributed by atoms with Crippen LogP contribution in [0.3, 0.4) is 0 Å². The Kier molecular flexibility index (Phi) is 6.50. The van der Waals surface area contributed by atoms with E-state index in [1.54, 1.807) is 0 Å². The van der Waals surface area contributed by atoms with Crippen LogP contribution >= 0.6 is 11.6 Å². The number of halogens is 1. The molecule has 0 unspecified atom stereocenters. The number of hydrogen-bond acceptors (Lipinski definition) is 4. The number of ether oxygens (including phenoxy) is 1. The second kappa shape index (κ2) is 7.97. The van der Waals surface area contributed by atoms with Crippen LogP contribution in [-0.2, 0) is 4.74 Å². The number of unbranched alkanes of at least 4 members (excludes halogenated alkanes) is 1. The monoisotopic (exact) mass is 257 g/mol. The van der Waals surface area contributed by atoms with Gasteiger partial charge in [0.25, 0.3) is 5.91 Å². The van der Waals surface area contributed by atoms with Gasteiger partial charge in [0, 0.05) is 13.2 Å². The Labute approximate surface area is 106 Å². The molecule has 1 N–H and O–H groups in total. The second-order valence-electron chi connectivity index (χ2n) is 3.45. The van der Waals surface area contributed by atoms with Gasteiger partial charge < -0.3 is 10.1 Å². The summed E-state index contributed by atoms with van der Waals surface area (Å²) in [5.74, 6) is -0.270. The Hall–Kier alpha value is -1.20. The summed E-state index contributed by atoms with van der Waals surface area (Å²) in [6.45, 7) is 3.80. The van der Waals surface area contributed by atoms with Crippen molar-refractivity contribution < 1.29 is 9.53 Å². The topological polar surface area (TPSA) is 64.1 Å². The fourth-order valence-corrected chi connectivity index (χ4v) is 1.20. The maximum Gasteiger partial charge on any atom is 0.271 e. The van der Waals surface area contributed by atoms with E-state index in [1.165, 1.54) is 12.4 Å². The molecule has 0 spiro atoms. The Morgan fingerprint density at radius 2 is 2.24 bits per heavy atom. The van der Waals surface area contributed by atoms with Crippen LogP contribution in [-0.4, -0.2) is 35.6 Å². The maximum atomic E-state index is 11.5. The number of aromatic nitrogens is 2. The zero-order valence-electron chi connectivity index (χ0n) is 9.78. The Balaban J connectivity index is 2.19. The molecule has 0 radical (unpaired) electrons. The normalized spacial score (nSPS) is 10.2. The van der Waals surface area contributed by atoms with Crippen LogP contribution in [0, 0.1) is 0 Å². The number of amides is 1. The minimum atomic E-state index is -0.270. The zero-order chi connectivity index (χ0) is 12.5. The van der Waals surface area contributed by atoms with Crippen molar-refractivity contribution in [1.82, 2.24) is 15.3 Å². The lowest BCUT2D eigenvalue weighted by molar-refractivity contribution is 0.0907. The van der Waals surface area contributed by atoms with Gasteiger partial charge in [-0.15, -0.1) is 0 Å². The molecule has 0 saturated heterocycles. The average molecular weight is 258 g/mol. The van der Waals surface area contributed by atoms with E-state index in [0.717, 1.165) is 19.4 Å². The molecule has 17 heavy (non-hydrogen) atoms. The molecule has 5 nitrogen and oxygen atoms in total. The van der Waals surface area contributed by atoms with E-state index in [1.807, 2.05) is 0 Å². The van der Waals surface area contributed by atoms with Crippen LogP contribution in [0.4, 0.5) is 0 Å². The fraction of sp³-hybridized carbons (Fsp3) is 0.545. The predicted octanol–water partition coefficient (Wildman–Crippen LogP) is 1.68. The van der Waals surface area contributed by atoms with Crippen LogP contribution in [0.1, 0.15) is 30.3 Å². The van der Waals surface area contributed by atoms with Gasteiger partial charge in [0.15, 0.2) is 0 Å². The molecule has 0 aliphatic heterocycles. The van der Waals surface area contributed by atoms with Crippen molar-refractivity contribution in [3.8, 4) is 0 Å². The standard InChI is InChI=1S/C11H16ClN3O2/c1-2-3-5-17-6-4-13-11(16)9-7-15-10(12)8-14-9/h7-8H,2-6H2,1H3,(H,13,16). The minimum Gasteiger partial charge on any atom is -0.380 e. The number of nitrogens with zero attached hydrogens (tertiary/aromatic N) is 2. The minimum absolute atomic E-state index is 0.253. The second-order valence-corrected chi connectivity index (χ2v) is 3.83. The first-order valence-corrected chi connectivity index (χ1v) is 5.95. The lowest BCUT2D eigenvalue weighted by Gasteiger charge is -2.05. The Morgan fingerprint density at radius 3 is 2.88 bits per heavy atom. The average Bonchev–Trinajstić information content (AvgIpc) is 2.34. The van der Waals surface area contributed by atoms with Gasteiger partial charge in [-0.1, -0.05) is 24.9 Å². The number of nitrogens with one attached hydrogen (secondary N) is 1. The van der Waals surface area contributed by atoms with E-state index < -0.39 is 0 Å². The van der Waals surface area contributed by atoms with Crippen molar-refractivity contribution >= 4 is 17.5 Å². The van der Waals surface area contributed by atoms with E-state index >= 15 is 0 Å². The first kappa shape index (κ1) is 13.9. The molecular formula is C11H16ClN3O2. The van der Waals surface area contributed by atoms with Gasteiger partial charge in [-0.3, -0.25) is 4.79 Å². The van der Waals surface area contributed by atoms with Crippen molar-refractivity contribution in [2.24, 2.45) is 0 Å². The molecule has 94 valence electrons. The Bertz CT molecular complexity index is 343. The molecular weight excluding hydrogens is 242 g/mol. The first-order chi connectivity index (χ1) is 8.24. The number of carbonyl (C=O) groups excluding carboxylic acids is 1. The van der Waals surface area contributed by atoms with Crippen molar-refractivity contribution in [3.63, 3.8) is 0 Å². The maximum absolute atomic E-state index is 11.5. The SMILES string of the molecule is CCCCOCCNC(=O)c1cnc(Cl)cn1. The third kappa shape index (κ3) is 5.60. The van der Waals surface area contributed by atoms with E-state index in [9.17, 15) is 4.79 Å². The molecule has 0 aliphatic rings. The fourth-order valence-electron chi connectivity index (χ4n) is 1.11. The quantitative estimate of drug-likeness (QED) is 0.755. The smallest absolute Gasteiger partial charge is 0.271 e. The highest BCUT2D eigenvalue weighted by Gasteiger charge is 2.06. The van der Waals surface area contributed by atoms with E-state index in [2.05, 4.69) is 22.2 Å². The highest BCUT2D eigenvalue weighted by Crippen LogP contribution is 2.00. The number of carbonyl (C=O) groups is 1. The molecule has 0 fully saturated rings. The van der Waals surface area contributed by atoms with E-state index in [4.69, 9.17) is 16.3 Å². The van der Waals surface area contributed by atoms with Gasteiger partial charge in [0.1, 0.15) is 10.8 Å². The summed E-state index contributed by atoms with van der Waals surface area (Å²) in [7, 11) is 0. The van der Waals surface area contributed by atoms with Gasteiger partial charge in [-0.25, -0.2) is 9.97 Å². The molecule has 0 saturated carbocycles. The summed E-state index contributed by atoms with van der Waals surface area (Å²) in [5, 5.41) is 2.95. The largest absolute Gasteiger partial charge is 0.380 e. The molecule has 6 heteroatoms. The van der Waals surface area contributed by atoms with Gasteiger partial charge in [-0.05, 0) is 6.42 Å². The van der Waals surface area contributed by atoms with Gasteiger partial charge in [0.2, 0.25) is 0 Å². The summed E-state index contributed by atoms with van der Waals surface area (Å²) in [5.41, 5.74) is 0.253. The van der Waals surface area contributed by atoms with Gasteiger partial charge in [0.05, 0.1) is 19.0 Å². The van der Waals surface area contributed by atoms with E-state index in [-0.39, 0.29) is 16.8 Å². The third-order valence-electron chi connectivity index (χ3n) is 2.03. The van der Waals surface area contributed by atoms with Crippen LogP contribution in [0.2, 0.25) is 5.15 Å². The van der Waals surface area contributed by atoms with Crippen LogP contribution in [0.5, 0.6) is 0 Å². The summed E-state index contributed by atoms with van der Waals surface area (Å²) in [4.78, 5) is 19.2. The molecule has 0 bridgehead atoms. The summed E-state index contributed by atoms with van der Waals surface area (Å²) in [6.07, 6.45) is 4.83. The summed E-state index contributed by atoms with van der Waals surface area (Å²) >= 11 is 5.57. The molecule has 0 atom stereocenters. The molecule has 1 aromatic heterocycles. The molecule has 1 amide bonds. The molecule has 0 aromatic carbocycles. The Morgan fingerprint density at radius 1 is 1.41 bits per heavy atom. The first-order valence-electron chi connectivity index (χ1n) is 5.57. The zero-order valence-corrected chi connectivity index (χ0v) is 10.5. The lowest BCUT2D eigenvalue weighted by Crippen LogP contribution is -2.28. The molecule has 1 aromatic rings. The van der Waals surface area contributed by atoms with Crippen molar-refractivity contribution in [2.45, 2.75) is 19.8 Å².